The molecule has 0 spiro atoms. The lowest BCUT2D eigenvalue weighted by Gasteiger charge is -2.25. The molecule has 1 rings (SSSR count). The molecule has 1 amide bonds. The highest BCUT2D eigenvalue weighted by atomic mass is 16.6. The van der Waals surface area contributed by atoms with Gasteiger partial charge in [0.25, 0.3) is 0 Å². The van der Waals surface area contributed by atoms with Crippen molar-refractivity contribution in [3.8, 4) is 5.75 Å². The maximum atomic E-state index is 11.8. The Kier molecular flexibility index (Phi) is 4.59. The number of hydrogen-bond acceptors (Lipinski definition) is 3. The maximum absolute atomic E-state index is 11.8. The molecule has 0 heterocycles. The van der Waals surface area contributed by atoms with Crippen molar-refractivity contribution in [1.29, 1.82) is 0 Å². The van der Waals surface area contributed by atoms with E-state index in [0.29, 0.717) is 6.54 Å². The number of rotatable bonds is 3. The topological polar surface area (TPSA) is 38.8 Å². The summed E-state index contributed by atoms with van der Waals surface area (Å²) in [5.74, 6) is 0.771. The first kappa shape index (κ1) is 14.4. The zero-order valence-corrected chi connectivity index (χ0v) is 11.7. The Labute approximate surface area is 108 Å². The van der Waals surface area contributed by atoms with Gasteiger partial charge in [0.2, 0.25) is 0 Å². The monoisotopic (exact) mass is 251 g/mol. The number of carbonyl (C=O) groups is 1. The van der Waals surface area contributed by atoms with E-state index in [1.165, 1.54) is 4.90 Å². The summed E-state index contributed by atoms with van der Waals surface area (Å²) in [7, 11) is 3.33. The van der Waals surface area contributed by atoms with Crippen molar-refractivity contribution < 1.29 is 14.3 Å². The molecular formula is C14H21NO3. The molecule has 4 nitrogen and oxygen atoms in total. The van der Waals surface area contributed by atoms with Gasteiger partial charge in [-0.15, -0.1) is 0 Å². The second-order valence-corrected chi connectivity index (χ2v) is 5.15. The minimum Gasteiger partial charge on any atom is -0.496 e. The second-order valence-electron chi connectivity index (χ2n) is 5.15. The van der Waals surface area contributed by atoms with Crippen molar-refractivity contribution in [1.82, 2.24) is 4.90 Å². The highest BCUT2D eigenvalue weighted by Crippen LogP contribution is 2.19. The fraction of sp³-hybridized carbons (Fsp3) is 0.500. The molecular weight excluding hydrogens is 230 g/mol. The molecule has 0 bridgehead atoms. The third-order valence-electron chi connectivity index (χ3n) is 2.31. The largest absolute Gasteiger partial charge is 0.496 e. The Balaban J connectivity index is 2.69. The van der Waals surface area contributed by atoms with E-state index >= 15 is 0 Å². The van der Waals surface area contributed by atoms with Gasteiger partial charge in [0.1, 0.15) is 11.4 Å². The minimum atomic E-state index is -0.480. The molecule has 0 N–H and O–H groups in total. The van der Waals surface area contributed by atoms with Gasteiger partial charge < -0.3 is 14.4 Å². The number of para-hydroxylation sites is 1. The second kappa shape index (κ2) is 5.76. The van der Waals surface area contributed by atoms with Crippen LogP contribution in [0.1, 0.15) is 26.3 Å². The minimum absolute atomic E-state index is 0.339. The van der Waals surface area contributed by atoms with Crippen LogP contribution >= 0.6 is 0 Å². The van der Waals surface area contributed by atoms with Crippen LogP contribution in [0.15, 0.2) is 24.3 Å². The standard InChI is InChI=1S/C14H21NO3/c1-14(2,3)18-13(16)15(4)10-11-8-6-7-9-12(11)17-5/h6-9H,10H2,1-5H3. The lowest BCUT2D eigenvalue weighted by atomic mass is 10.2. The predicted octanol–water partition coefficient (Wildman–Crippen LogP) is 3.06. The number of hydrogen-bond donors (Lipinski definition) is 0. The average molecular weight is 251 g/mol. The van der Waals surface area contributed by atoms with E-state index in [9.17, 15) is 4.79 Å². The van der Waals surface area contributed by atoms with Crippen LogP contribution in [0.2, 0.25) is 0 Å². The van der Waals surface area contributed by atoms with E-state index in [-0.39, 0.29) is 6.09 Å². The van der Waals surface area contributed by atoms with Gasteiger partial charge in [-0.25, -0.2) is 4.79 Å². The molecule has 1 aromatic rings. The van der Waals surface area contributed by atoms with Crippen LogP contribution in [-0.4, -0.2) is 30.8 Å². The zero-order chi connectivity index (χ0) is 13.8. The molecule has 0 saturated carbocycles. The van der Waals surface area contributed by atoms with Gasteiger partial charge in [-0.2, -0.15) is 0 Å². The summed E-state index contributed by atoms with van der Waals surface area (Å²) in [5, 5.41) is 0. The fourth-order valence-electron chi connectivity index (χ4n) is 1.49. The zero-order valence-electron chi connectivity index (χ0n) is 11.7. The first-order valence-electron chi connectivity index (χ1n) is 5.89. The van der Waals surface area contributed by atoms with Crippen molar-refractivity contribution >= 4 is 6.09 Å². The summed E-state index contributed by atoms with van der Waals surface area (Å²) in [6.07, 6.45) is -0.339. The molecule has 18 heavy (non-hydrogen) atoms. The smallest absolute Gasteiger partial charge is 0.410 e. The molecule has 4 heteroatoms. The van der Waals surface area contributed by atoms with Gasteiger partial charge in [-0.05, 0) is 26.8 Å². The maximum Gasteiger partial charge on any atom is 0.410 e. The van der Waals surface area contributed by atoms with Gasteiger partial charge in [0.15, 0.2) is 0 Å². The van der Waals surface area contributed by atoms with Crippen LogP contribution in [0, 0.1) is 0 Å². The van der Waals surface area contributed by atoms with Crippen molar-refractivity contribution in [2.75, 3.05) is 14.2 Å². The van der Waals surface area contributed by atoms with E-state index in [2.05, 4.69) is 0 Å². The number of amides is 1. The van der Waals surface area contributed by atoms with Gasteiger partial charge in [-0.3, -0.25) is 0 Å². The molecule has 1 aromatic carbocycles. The van der Waals surface area contributed by atoms with Crippen molar-refractivity contribution in [3.05, 3.63) is 29.8 Å². The Morgan fingerprint density at radius 2 is 1.89 bits per heavy atom. The molecule has 0 unspecified atom stereocenters. The highest BCUT2D eigenvalue weighted by molar-refractivity contribution is 5.67. The lowest BCUT2D eigenvalue weighted by Crippen LogP contribution is -2.33. The van der Waals surface area contributed by atoms with Crippen LogP contribution in [0.4, 0.5) is 4.79 Å². The third kappa shape index (κ3) is 4.28. The van der Waals surface area contributed by atoms with Crippen LogP contribution in [0.25, 0.3) is 0 Å². The first-order chi connectivity index (χ1) is 8.33. The Bertz CT molecular complexity index is 410. The van der Waals surface area contributed by atoms with Crippen LogP contribution in [0.5, 0.6) is 5.75 Å². The molecule has 0 fully saturated rings. The number of methoxy groups -OCH3 is 1. The summed E-state index contributed by atoms with van der Waals surface area (Å²) in [6, 6.07) is 7.62. The quantitative estimate of drug-likeness (QED) is 0.828. The van der Waals surface area contributed by atoms with Crippen LogP contribution < -0.4 is 4.74 Å². The van der Waals surface area contributed by atoms with Gasteiger partial charge in [-0.1, -0.05) is 18.2 Å². The van der Waals surface area contributed by atoms with Crippen molar-refractivity contribution in [2.45, 2.75) is 32.9 Å². The summed E-state index contributed by atoms with van der Waals surface area (Å²) in [6.45, 7) is 6.00. The number of benzene rings is 1. The lowest BCUT2D eigenvalue weighted by molar-refractivity contribution is 0.0284. The predicted molar refractivity (Wildman–Crippen MR) is 70.7 cm³/mol. The highest BCUT2D eigenvalue weighted by Gasteiger charge is 2.20. The van der Waals surface area contributed by atoms with E-state index in [1.54, 1.807) is 14.2 Å². The van der Waals surface area contributed by atoms with Crippen molar-refractivity contribution in [3.63, 3.8) is 0 Å². The summed E-state index contributed by atoms with van der Waals surface area (Å²) < 4.78 is 10.5. The van der Waals surface area contributed by atoms with Crippen LogP contribution in [0.3, 0.4) is 0 Å². The molecule has 0 aliphatic heterocycles. The molecule has 0 saturated heterocycles. The van der Waals surface area contributed by atoms with Crippen molar-refractivity contribution in [2.24, 2.45) is 0 Å². The van der Waals surface area contributed by atoms with Gasteiger partial charge in [0.05, 0.1) is 13.7 Å². The van der Waals surface area contributed by atoms with E-state index in [4.69, 9.17) is 9.47 Å². The summed E-state index contributed by atoms with van der Waals surface area (Å²) >= 11 is 0. The fourth-order valence-corrected chi connectivity index (χ4v) is 1.49. The molecule has 0 aromatic heterocycles. The molecule has 0 atom stereocenters. The Morgan fingerprint density at radius 1 is 1.28 bits per heavy atom. The Morgan fingerprint density at radius 3 is 2.44 bits per heavy atom. The summed E-state index contributed by atoms with van der Waals surface area (Å²) in [5.41, 5.74) is 0.472. The van der Waals surface area contributed by atoms with E-state index in [1.807, 2.05) is 45.0 Å². The number of carbonyl (C=O) groups excluding carboxylic acids is 1. The molecule has 100 valence electrons. The average Bonchev–Trinajstić information content (AvgIpc) is 2.27. The number of ether oxygens (including phenoxy) is 2. The third-order valence-corrected chi connectivity index (χ3v) is 2.31. The number of nitrogens with zero attached hydrogens (tertiary/aromatic N) is 1. The Hall–Kier alpha value is -1.71. The molecule has 0 aliphatic rings. The molecule has 0 aliphatic carbocycles. The van der Waals surface area contributed by atoms with E-state index in [0.717, 1.165) is 11.3 Å². The van der Waals surface area contributed by atoms with E-state index < -0.39 is 5.60 Å². The normalized spacial score (nSPS) is 10.9. The SMILES string of the molecule is COc1ccccc1CN(C)C(=O)OC(C)(C)C. The van der Waals surface area contributed by atoms with Gasteiger partial charge in [0, 0.05) is 12.6 Å². The first-order valence-corrected chi connectivity index (χ1v) is 5.89. The van der Waals surface area contributed by atoms with Gasteiger partial charge >= 0.3 is 6.09 Å². The molecule has 0 radical (unpaired) electrons. The van der Waals surface area contributed by atoms with Crippen LogP contribution in [-0.2, 0) is 11.3 Å². The summed E-state index contributed by atoms with van der Waals surface area (Å²) in [4.78, 5) is 13.4.